The van der Waals surface area contributed by atoms with Gasteiger partial charge in [0.25, 0.3) is 15.9 Å². The van der Waals surface area contributed by atoms with Gasteiger partial charge in [-0.15, -0.1) is 0 Å². The monoisotopic (exact) mass is 498 g/mol. The zero-order valence-electron chi connectivity index (χ0n) is 19.0. The van der Waals surface area contributed by atoms with Crippen LogP contribution in [0, 0.1) is 0 Å². The van der Waals surface area contributed by atoms with Gasteiger partial charge in [0, 0.05) is 12.0 Å². The minimum absolute atomic E-state index is 0.140. The fourth-order valence-corrected chi connectivity index (χ4v) is 5.58. The van der Waals surface area contributed by atoms with Gasteiger partial charge in [0.1, 0.15) is 11.4 Å². The number of amides is 1. The highest BCUT2D eigenvalue weighted by Crippen LogP contribution is 2.42. The summed E-state index contributed by atoms with van der Waals surface area (Å²) >= 11 is 6.41. The van der Waals surface area contributed by atoms with Gasteiger partial charge < -0.3 is 10.1 Å². The van der Waals surface area contributed by atoms with Crippen molar-refractivity contribution in [3.05, 3.63) is 88.9 Å². The van der Waals surface area contributed by atoms with Crippen LogP contribution in [0.15, 0.2) is 77.7 Å². The van der Waals surface area contributed by atoms with Crippen molar-refractivity contribution >= 4 is 33.2 Å². The van der Waals surface area contributed by atoms with E-state index in [1.165, 1.54) is 30.3 Å². The molecule has 1 aliphatic rings. The van der Waals surface area contributed by atoms with Crippen molar-refractivity contribution in [3.8, 4) is 5.75 Å². The number of carbonyl (C=O) groups excluding carboxylic acids is 1. The number of hydrogen-bond donors (Lipinski definition) is 2. The summed E-state index contributed by atoms with van der Waals surface area (Å²) in [5.41, 5.74) is 1.12. The van der Waals surface area contributed by atoms with Crippen molar-refractivity contribution in [1.29, 1.82) is 0 Å². The smallest absolute Gasteiger partial charge is 0.261 e. The quantitative estimate of drug-likeness (QED) is 0.421. The maximum atomic E-state index is 13.2. The van der Waals surface area contributed by atoms with Crippen molar-refractivity contribution in [1.82, 2.24) is 5.32 Å². The van der Waals surface area contributed by atoms with Crippen LogP contribution in [0.4, 0.5) is 5.69 Å². The van der Waals surface area contributed by atoms with E-state index in [1.54, 1.807) is 18.2 Å². The minimum atomic E-state index is -3.76. The van der Waals surface area contributed by atoms with Crippen LogP contribution < -0.4 is 14.8 Å². The maximum Gasteiger partial charge on any atom is 0.261 e. The van der Waals surface area contributed by atoms with Crippen molar-refractivity contribution in [2.75, 3.05) is 4.72 Å². The predicted octanol–water partition coefficient (Wildman–Crippen LogP) is 5.95. The zero-order chi connectivity index (χ0) is 24.3. The lowest BCUT2D eigenvalue weighted by molar-refractivity contribution is 0.0227. The number of ether oxygens (including phenoxy) is 1. The molecule has 0 bridgehead atoms. The SMILES string of the molecule is CCC1(CC)C[C@H](NC(=O)c2ccc(NS(=O)(=O)c3ccccc3)cc2Cl)c2ccccc2O1. The molecule has 8 heteroatoms. The molecule has 4 rings (SSSR count). The molecule has 0 radical (unpaired) electrons. The number of fused-ring (bicyclic) bond motifs is 1. The number of sulfonamides is 1. The summed E-state index contributed by atoms with van der Waals surface area (Å²) in [4.78, 5) is 13.3. The number of para-hydroxylation sites is 1. The maximum absolute atomic E-state index is 13.2. The molecule has 3 aromatic carbocycles. The van der Waals surface area contributed by atoms with Crippen LogP contribution in [-0.4, -0.2) is 19.9 Å². The van der Waals surface area contributed by atoms with Gasteiger partial charge in [0.05, 0.1) is 27.2 Å². The van der Waals surface area contributed by atoms with Gasteiger partial charge in [-0.3, -0.25) is 9.52 Å². The molecule has 1 heterocycles. The van der Waals surface area contributed by atoms with Crippen LogP contribution >= 0.6 is 11.6 Å². The van der Waals surface area contributed by atoms with E-state index in [0.717, 1.165) is 24.2 Å². The van der Waals surface area contributed by atoms with Crippen molar-refractivity contribution in [3.63, 3.8) is 0 Å². The molecule has 0 unspecified atom stereocenters. The molecule has 6 nitrogen and oxygen atoms in total. The summed E-state index contributed by atoms with van der Waals surface area (Å²) in [5.74, 6) is 0.449. The predicted molar refractivity (Wildman–Crippen MR) is 134 cm³/mol. The molecule has 1 aliphatic heterocycles. The lowest BCUT2D eigenvalue weighted by Crippen LogP contribution is -2.44. The third-order valence-corrected chi connectivity index (χ3v) is 8.02. The Morgan fingerprint density at radius 1 is 1.03 bits per heavy atom. The second kappa shape index (κ2) is 9.68. The van der Waals surface area contributed by atoms with Gasteiger partial charge in [-0.25, -0.2) is 8.42 Å². The average molecular weight is 499 g/mol. The van der Waals surface area contributed by atoms with Gasteiger partial charge in [0.2, 0.25) is 0 Å². The summed E-state index contributed by atoms with van der Waals surface area (Å²) in [6.07, 6.45) is 2.29. The van der Waals surface area contributed by atoms with Crippen molar-refractivity contribution in [2.24, 2.45) is 0 Å². The van der Waals surface area contributed by atoms with E-state index in [-0.39, 0.29) is 38.7 Å². The number of anilines is 1. The second-order valence-corrected chi connectivity index (χ2v) is 10.5. The molecule has 3 aromatic rings. The first-order valence-electron chi connectivity index (χ1n) is 11.2. The standard InChI is InChI=1S/C26H27ClN2O4S/c1-3-26(4-2)17-23(21-12-8-9-13-24(21)33-26)28-25(30)20-15-14-18(16-22(20)27)29-34(31,32)19-10-6-5-7-11-19/h5-16,23,29H,3-4,17H2,1-2H3,(H,28,30)/t23-/m0/s1. The highest BCUT2D eigenvalue weighted by atomic mass is 35.5. The Labute approximate surface area is 205 Å². The Morgan fingerprint density at radius 2 is 1.71 bits per heavy atom. The molecule has 1 atom stereocenters. The van der Waals surface area contributed by atoms with E-state index in [0.29, 0.717) is 6.42 Å². The topological polar surface area (TPSA) is 84.5 Å². The molecule has 0 saturated carbocycles. The number of halogens is 1. The summed E-state index contributed by atoms with van der Waals surface area (Å²) in [7, 11) is -3.76. The molecule has 34 heavy (non-hydrogen) atoms. The molecule has 1 amide bonds. The van der Waals surface area contributed by atoms with E-state index < -0.39 is 10.0 Å². The fraction of sp³-hybridized carbons (Fsp3) is 0.269. The van der Waals surface area contributed by atoms with Crippen LogP contribution in [0.2, 0.25) is 5.02 Å². The van der Waals surface area contributed by atoms with Crippen LogP contribution in [-0.2, 0) is 10.0 Å². The number of benzene rings is 3. The minimum Gasteiger partial charge on any atom is -0.487 e. The third kappa shape index (κ3) is 4.91. The Bertz CT molecular complexity index is 1290. The van der Waals surface area contributed by atoms with E-state index in [9.17, 15) is 13.2 Å². The largest absolute Gasteiger partial charge is 0.487 e. The van der Waals surface area contributed by atoms with Crippen molar-refractivity contribution < 1.29 is 17.9 Å². The highest BCUT2D eigenvalue weighted by Gasteiger charge is 2.39. The first-order chi connectivity index (χ1) is 16.3. The van der Waals surface area contributed by atoms with Gasteiger partial charge >= 0.3 is 0 Å². The van der Waals surface area contributed by atoms with Crippen LogP contribution in [0.5, 0.6) is 5.75 Å². The highest BCUT2D eigenvalue weighted by molar-refractivity contribution is 7.92. The molecule has 0 aliphatic carbocycles. The van der Waals surface area contributed by atoms with Gasteiger partial charge in [-0.05, 0) is 49.2 Å². The van der Waals surface area contributed by atoms with E-state index in [2.05, 4.69) is 23.9 Å². The normalized spacial score (nSPS) is 16.7. The molecule has 0 fully saturated rings. The first kappa shape index (κ1) is 24.1. The Morgan fingerprint density at radius 3 is 2.38 bits per heavy atom. The molecular formula is C26H27ClN2O4S. The molecule has 2 N–H and O–H groups in total. The summed E-state index contributed by atoms with van der Waals surface area (Å²) in [6, 6.07) is 20.0. The van der Waals surface area contributed by atoms with E-state index in [4.69, 9.17) is 16.3 Å². The second-order valence-electron chi connectivity index (χ2n) is 8.37. The molecule has 0 aromatic heterocycles. The lowest BCUT2D eigenvalue weighted by Gasteiger charge is -2.41. The Kier molecular flexibility index (Phi) is 6.86. The summed E-state index contributed by atoms with van der Waals surface area (Å²) in [5, 5.41) is 3.26. The van der Waals surface area contributed by atoms with E-state index in [1.807, 2.05) is 24.3 Å². The van der Waals surface area contributed by atoms with Gasteiger partial charge in [0.15, 0.2) is 0 Å². The van der Waals surface area contributed by atoms with Crippen molar-refractivity contribution in [2.45, 2.75) is 49.6 Å². The molecule has 178 valence electrons. The summed E-state index contributed by atoms with van der Waals surface area (Å²) < 4.78 is 34.0. The zero-order valence-corrected chi connectivity index (χ0v) is 20.6. The third-order valence-electron chi connectivity index (χ3n) is 6.31. The molecule has 0 spiro atoms. The summed E-state index contributed by atoms with van der Waals surface area (Å²) in [6.45, 7) is 4.17. The Hall–Kier alpha value is -3.03. The van der Waals surface area contributed by atoms with Crippen LogP contribution in [0.1, 0.15) is 55.1 Å². The van der Waals surface area contributed by atoms with Gasteiger partial charge in [-0.1, -0.05) is 61.8 Å². The fourth-order valence-electron chi connectivity index (χ4n) is 4.24. The number of hydrogen-bond acceptors (Lipinski definition) is 4. The average Bonchev–Trinajstić information content (AvgIpc) is 2.84. The number of rotatable bonds is 7. The van der Waals surface area contributed by atoms with Crippen LogP contribution in [0.25, 0.3) is 0 Å². The first-order valence-corrected chi connectivity index (χ1v) is 13.1. The number of nitrogens with one attached hydrogen (secondary N) is 2. The number of carbonyl (C=O) groups is 1. The van der Waals surface area contributed by atoms with E-state index >= 15 is 0 Å². The molecular weight excluding hydrogens is 472 g/mol. The molecule has 0 saturated heterocycles. The van der Waals surface area contributed by atoms with Crippen LogP contribution in [0.3, 0.4) is 0 Å². The lowest BCUT2D eigenvalue weighted by atomic mass is 9.83. The van der Waals surface area contributed by atoms with Gasteiger partial charge in [-0.2, -0.15) is 0 Å². The Balaban J connectivity index is 1.55.